The molecule has 0 aliphatic carbocycles. The Kier molecular flexibility index (Phi) is 5.03. The van der Waals surface area contributed by atoms with Crippen LogP contribution in [0.2, 0.25) is 5.02 Å². The average molecular weight is 337 g/mol. The number of sulfonamides is 1. The van der Waals surface area contributed by atoms with Crippen LogP contribution < -0.4 is 4.72 Å². The molecule has 0 heterocycles. The van der Waals surface area contributed by atoms with Crippen molar-refractivity contribution < 1.29 is 13.2 Å². The molecular weight excluding hydrogens is 324 g/mol. The van der Waals surface area contributed by atoms with Crippen molar-refractivity contribution in [2.45, 2.75) is 11.5 Å². The average Bonchev–Trinajstić information content (AvgIpc) is 2.49. The molecule has 0 bridgehead atoms. The predicted molar refractivity (Wildman–Crippen MR) is 84.1 cm³/mol. The lowest BCUT2D eigenvalue weighted by molar-refractivity contribution is 0.185. The SMILES string of the molecule is COCc1ccccc1NS(=O)(=O)c1ccc(C#N)c(Cl)c1. The van der Waals surface area contributed by atoms with Crippen LogP contribution in [0.3, 0.4) is 0 Å². The van der Waals surface area contributed by atoms with Crippen LogP contribution in [-0.4, -0.2) is 15.5 Å². The highest BCUT2D eigenvalue weighted by atomic mass is 35.5. The Balaban J connectivity index is 2.36. The van der Waals surface area contributed by atoms with E-state index in [0.717, 1.165) is 0 Å². The van der Waals surface area contributed by atoms with E-state index in [9.17, 15) is 8.42 Å². The van der Waals surface area contributed by atoms with Gasteiger partial charge in [0.15, 0.2) is 0 Å². The Hall–Kier alpha value is -2.07. The number of ether oxygens (including phenoxy) is 1. The molecule has 2 aromatic carbocycles. The van der Waals surface area contributed by atoms with E-state index in [1.807, 2.05) is 6.07 Å². The number of hydrogen-bond acceptors (Lipinski definition) is 4. The summed E-state index contributed by atoms with van der Waals surface area (Å²) in [6.07, 6.45) is 0. The Bertz CT molecular complexity index is 829. The Labute approximate surface area is 134 Å². The summed E-state index contributed by atoms with van der Waals surface area (Å²) in [6, 6.07) is 12.8. The molecule has 0 spiro atoms. The molecule has 2 aromatic rings. The van der Waals surface area contributed by atoms with Gasteiger partial charge >= 0.3 is 0 Å². The molecule has 1 N–H and O–H groups in total. The maximum Gasteiger partial charge on any atom is 0.261 e. The minimum Gasteiger partial charge on any atom is -0.380 e. The quantitative estimate of drug-likeness (QED) is 0.909. The molecule has 0 aliphatic heterocycles. The highest BCUT2D eigenvalue weighted by Crippen LogP contribution is 2.24. The van der Waals surface area contributed by atoms with Gasteiger partial charge in [0, 0.05) is 12.7 Å². The van der Waals surface area contributed by atoms with Crippen molar-refractivity contribution >= 4 is 27.3 Å². The van der Waals surface area contributed by atoms with Gasteiger partial charge in [0.05, 0.1) is 27.8 Å². The van der Waals surface area contributed by atoms with E-state index >= 15 is 0 Å². The van der Waals surface area contributed by atoms with Gasteiger partial charge in [-0.2, -0.15) is 5.26 Å². The second-order valence-electron chi connectivity index (χ2n) is 4.45. The standard InChI is InChI=1S/C15H13ClN2O3S/c1-21-10-12-4-2-3-5-15(12)18-22(19,20)13-7-6-11(9-17)14(16)8-13/h2-8,18H,10H2,1H3. The van der Waals surface area contributed by atoms with Gasteiger partial charge in [-0.1, -0.05) is 29.8 Å². The molecule has 114 valence electrons. The molecule has 0 fully saturated rings. The van der Waals surface area contributed by atoms with E-state index < -0.39 is 10.0 Å². The van der Waals surface area contributed by atoms with Crippen molar-refractivity contribution in [3.05, 3.63) is 58.6 Å². The molecule has 0 aliphatic rings. The molecule has 2 rings (SSSR count). The molecular formula is C15H13ClN2O3S. The first-order valence-electron chi connectivity index (χ1n) is 6.27. The van der Waals surface area contributed by atoms with Gasteiger partial charge < -0.3 is 4.74 Å². The summed E-state index contributed by atoms with van der Waals surface area (Å²) in [5.74, 6) is 0. The summed E-state index contributed by atoms with van der Waals surface area (Å²) >= 11 is 5.88. The Morgan fingerprint density at radius 2 is 2.00 bits per heavy atom. The van der Waals surface area contributed by atoms with Crippen molar-refractivity contribution in [3.63, 3.8) is 0 Å². The number of halogens is 1. The second-order valence-corrected chi connectivity index (χ2v) is 6.54. The van der Waals surface area contributed by atoms with Crippen LogP contribution in [-0.2, 0) is 21.4 Å². The summed E-state index contributed by atoms with van der Waals surface area (Å²) in [7, 11) is -2.27. The molecule has 0 saturated heterocycles. The van der Waals surface area contributed by atoms with E-state index in [1.165, 1.54) is 25.3 Å². The molecule has 0 unspecified atom stereocenters. The minimum atomic E-state index is -3.80. The number of nitriles is 1. The zero-order valence-electron chi connectivity index (χ0n) is 11.7. The smallest absolute Gasteiger partial charge is 0.261 e. The van der Waals surface area contributed by atoms with E-state index in [4.69, 9.17) is 21.6 Å². The van der Waals surface area contributed by atoms with Crippen LogP contribution in [0.25, 0.3) is 0 Å². The number of nitrogens with one attached hydrogen (secondary N) is 1. The van der Waals surface area contributed by atoms with Crippen molar-refractivity contribution in [2.75, 3.05) is 11.8 Å². The first-order chi connectivity index (χ1) is 10.5. The number of nitrogens with zero attached hydrogens (tertiary/aromatic N) is 1. The zero-order valence-corrected chi connectivity index (χ0v) is 13.3. The van der Waals surface area contributed by atoms with Crippen LogP contribution in [0.4, 0.5) is 5.69 Å². The number of para-hydroxylation sites is 1. The minimum absolute atomic E-state index is 0.0104. The molecule has 0 radical (unpaired) electrons. The van der Waals surface area contributed by atoms with E-state index in [2.05, 4.69) is 4.72 Å². The normalized spacial score (nSPS) is 11.0. The maximum atomic E-state index is 12.4. The van der Waals surface area contributed by atoms with Crippen molar-refractivity contribution in [1.82, 2.24) is 0 Å². The summed E-state index contributed by atoms with van der Waals surface area (Å²) < 4.78 is 32.4. The monoisotopic (exact) mass is 336 g/mol. The maximum absolute atomic E-state index is 12.4. The lowest BCUT2D eigenvalue weighted by Crippen LogP contribution is -2.14. The lowest BCUT2D eigenvalue weighted by atomic mass is 10.2. The van der Waals surface area contributed by atoms with Crippen molar-refractivity contribution in [2.24, 2.45) is 0 Å². The molecule has 0 saturated carbocycles. The van der Waals surface area contributed by atoms with E-state index in [-0.39, 0.29) is 22.1 Å². The molecule has 22 heavy (non-hydrogen) atoms. The number of benzene rings is 2. The fourth-order valence-corrected chi connectivity index (χ4v) is 3.27. The fraction of sp³-hybridized carbons (Fsp3) is 0.133. The predicted octanol–water partition coefficient (Wildman–Crippen LogP) is 3.16. The van der Waals surface area contributed by atoms with Crippen molar-refractivity contribution in [1.29, 1.82) is 5.26 Å². The number of rotatable bonds is 5. The summed E-state index contributed by atoms with van der Waals surface area (Å²) in [5.41, 5.74) is 1.37. The van der Waals surface area contributed by atoms with Crippen LogP contribution >= 0.6 is 11.6 Å². The number of anilines is 1. The fourth-order valence-electron chi connectivity index (χ4n) is 1.86. The van der Waals surface area contributed by atoms with Gasteiger partial charge in [0.2, 0.25) is 0 Å². The van der Waals surface area contributed by atoms with E-state index in [0.29, 0.717) is 11.3 Å². The van der Waals surface area contributed by atoms with Crippen LogP contribution in [0, 0.1) is 11.3 Å². The third kappa shape index (κ3) is 3.57. The van der Waals surface area contributed by atoms with Gasteiger partial charge in [-0.25, -0.2) is 8.42 Å². The Morgan fingerprint density at radius 1 is 1.27 bits per heavy atom. The van der Waals surface area contributed by atoms with Crippen LogP contribution in [0.1, 0.15) is 11.1 Å². The van der Waals surface area contributed by atoms with Gasteiger partial charge in [-0.05, 0) is 24.3 Å². The third-order valence-electron chi connectivity index (χ3n) is 2.93. The largest absolute Gasteiger partial charge is 0.380 e. The van der Waals surface area contributed by atoms with E-state index in [1.54, 1.807) is 24.3 Å². The molecule has 5 nitrogen and oxygen atoms in total. The summed E-state index contributed by atoms with van der Waals surface area (Å²) in [4.78, 5) is -0.0104. The third-order valence-corrected chi connectivity index (χ3v) is 4.61. The molecule has 0 atom stereocenters. The van der Waals surface area contributed by atoms with Crippen molar-refractivity contribution in [3.8, 4) is 6.07 Å². The van der Waals surface area contributed by atoms with Crippen LogP contribution in [0.15, 0.2) is 47.4 Å². The topological polar surface area (TPSA) is 79.2 Å². The highest BCUT2D eigenvalue weighted by molar-refractivity contribution is 7.92. The van der Waals surface area contributed by atoms with Crippen LogP contribution in [0.5, 0.6) is 0 Å². The molecule has 0 aromatic heterocycles. The summed E-state index contributed by atoms with van der Waals surface area (Å²) in [5, 5.41) is 8.92. The molecule has 7 heteroatoms. The first kappa shape index (κ1) is 16.3. The first-order valence-corrected chi connectivity index (χ1v) is 8.13. The number of hydrogen-bond donors (Lipinski definition) is 1. The Morgan fingerprint density at radius 3 is 2.64 bits per heavy atom. The van der Waals surface area contributed by atoms with Gasteiger partial charge in [-0.3, -0.25) is 4.72 Å². The van der Waals surface area contributed by atoms with Gasteiger partial charge in [0.1, 0.15) is 6.07 Å². The molecule has 0 amide bonds. The second kappa shape index (κ2) is 6.79. The zero-order chi connectivity index (χ0) is 16.2. The van der Waals surface area contributed by atoms with Gasteiger partial charge in [0.25, 0.3) is 10.0 Å². The lowest BCUT2D eigenvalue weighted by Gasteiger charge is -2.12. The number of methoxy groups -OCH3 is 1. The summed E-state index contributed by atoms with van der Waals surface area (Å²) in [6.45, 7) is 0.285. The highest BCUT2D eigenvalue weighted by Gasteiger charge is 2.17. The van der Waals surface area contributed by atoms with Gasteiger partial charge in [-0.15, -0.1) is 0 Å².